The fraction of sp³-hybridized carbons (Fsp3) is 0.444. The van der Waals surface area contributed by atoms with Crippen molar-refractivity contribution in [1.82, 2.24) is 9.78 Å². The van der Waals surface area contributed by atoms with Gasteiger partial charge in [0.25, 0.3) is 0 Å². The lowest BCUT2D eigenvalue weighted by Crippen LogP contribution is -2.00. The minimum Gasteiger partial charge on any atom is -0.272 e. The van der Waals surface area contributed by atoms with E-state index in [0.29, 0.717) is 5.92 Å². The number of hydrogen-bond acceptors (Lipinski definition) is 1. The Bertz CT molecular complexity index is 259. The first-order valence-electron chi connectivity index (χ1n) is 3.81. The molecular formula is C9H14N2. The molecule has 0 fully saturated rings. The Kier molecular flexibility index (Phi) is 2.13. The lowest BCUT2D eigenvalue weighted by molar-refractivity contribution is 0.668. The van der Waals surface area contributed by atoms with Gasteiger partial charge in [0, 0.05) is 18.3 Å². The Labute approximate surface area is 67.5 Å². The van der Waals surface area contributed by atoms with Crippen LogP contribution in [0.25, 0.3) is 6.08 Å². The van der Waals surface area contributed by atoms with E-state index in [2.05, 4.69) is 25.5 Å². The summed E-state index contributed by atoms with van der Waals surface area (Å²) in [6.07, 6.45) is 3.70. The van der Waals surface area contributed by atoms with E-state index in [-0.39, 0.29) is 0 Å². The van der Waals surface area contributed by atoms with Crippen molar-refractivity contribution in [2.45, 2.75) is 19.8 Å². The molecule has 0 amide bonds. The SMILES string of the molecule is C=Cc1cnn(C)c1C(C)C. The van der Waals surface area contributed by atoms with Crippen molar-refractivity contribution in [3.05, 3.63) is 24.0 Å². The number of hydrogen-bond donors (Lipinski definition) is 0. The quantitative estimate of drug-likeness (QED) is 0.632. The van der Waals surface area contributed by atoms with Crippen molar-refractivity contribution in [2.75, 3.05) is 0 Å². The summed E-state index contributed by atoms with van der Waals surface area (Å²) in [7, 11) is 1.96. The van der Waals surface area contributed by atoms with Crippen molar-refractivity contribution >= 4 is 6.08 Å². The molecule has 0 aliphatic carbocycles. The van der Waals surface area contributed by atoms with Crippen LogP contribution in [0.15, 0.2) is 12.8 Å². The molecule has 0 spiro atoms. The molecule has 2 heteroatoms. The zero-order valence-electron chi connectivity index (χ0n) is 7.33. The highest BCUT2D eigenvalue weighted by Gasteiger charge is 2.08. The highest BCUT2D eigenvalue weighted by atomic mass is 15.3. The second-order valence-electron chi connectivity index (χ2n) is 2.97. The lowest BCUT2D eigenvalue weighted by Gasteiger charge is -2.06. The molecule has 0 atom stereocenters. The Hall–Kier alpha value is -1.05. The lowest BCUT2D eigenvalue weighted by atomic mass is 10.1. The first kappa shape index (κ1) is 8.05. The van der Waals surface area contributed by atoms with Gasteiger partial charge in [-0.2, -0.15) is 5.10 Å². The summed E-state index contributed by atoms with van der Waals surface area (Å²) in [5, 5.41) is 4.15. The van der Waals surface area contributed by atoms with Crippen LogP contribution in [0, 0.1) is 0 Å². The van der Waals surface area contributed by atoms with Gasteiger partial charge in [-0.25, -0.2) is 0 Å². The van der Waals surface area contributed by atoms with Crippen LogP contribution >= 0.6 is 0 Å². The molecule has 11 heavy (non-hydrogen) atoms. The van der Waals surface area contributed by atoms with Crippen LogP contribution in [0.2, 0.25) is 0 Å². The smallest absolute Gasteiger partial charge is 0.0564 e. The van der Waals surface area contributed by atoms with E-state index in [1.807, 2.05) is 24.0 Å². The predicted octanol–water partition coefficient (Wildman–Crippen LogP) is 2.19. The van der Waals surface area contributed by atoms with Crippen LogP contribution < -0.4 is 0 Å². The summed E-state index contributed by atoms with van der Waals surface area (Å²) in [5.74, 6) is 0.510. The van der Waals surface area contributed by atoms with Gasteiger partial charge >= 0.3 is 0 Å². The fourth-order valence-electron chi connectivity index (χ4n) is 1.33. The van der Waals surface area contributed by atoms with Gasteiger partial charge in [0.05, 0.1) is 6.20 Å². The Morgan fingerprint density at radius 1 is 1.64 bits per heavy atom. The zero-order chi connectivity index (χ0) is 8.43. The summed E-state index contributed by atoms with van der Waals surface area (Å²) >= 11 is 0. The molecule has 1 aromatic rings. The Morgan fingerprint density at radius 3 is 2.64 bits per heavy atom. The van der Waals surface area contributed by atoms with Crippen LogP contribution in [0.3, 0.4) is 0 Å². The molecule has 1 heterocycles. The maximum Gasteiger partial charge on any atom is 0.0564 e. The summed E-state index contributed by atoms with van der Waals surface area (Å²) in [4.78, 5) is 0. The van der Waals surface area contributed by atoms with E-state index in [1.165, 1.54) is 5.69 Å². The molecule has 0 aromatic carbocycles. The van der Waals surface area contributed by atoms with Crippen molar-refractivity contribution in [2.24, 2.45) is 7.05 Å². The van der Waals surface area contributed by atoms with Crippen LogP contribution in [-0.4, -0.2) is 9.78 Å². The molecule has 0 radical (unpaired) electrons. The monoisotopic (exact) mass is 150 g/mol. The zero-order valence-corrected chi connectivity index (χ0v) is 7.33. The van der Waals surface area contributed by atoms with Crippen LogP contribution in [0.1, 0.15) is 31.0 Å². The van der Waals surface area contributed by atoms with Gasteiger partial charge < -0.3 is 0 Å². The Morgan fingerprint density at radius 2 is 2.27 bits per heavy atom. The Balaban J connectivity index is 3.17. The average molecular weight is 150 g/mol. The topological polar surface area (TPSA) is 17.8 Å². The molecule has 0 saturated carbocycles. The molecule has 0 bridgehead atoms. The second kappa shape index (κ2) is 2.91. The summed E-state index contributed by atoms with van der Waals surface area (Å²) in [6, 6.07) is 0. The van der Waals surface area contributed by atoms with Gasteiger partial charge in [0.15, 0.2) is 0 Å². The maximum absolute atomic E-state index is 4.15. The molecule has 2 nitrogen and oxygen atoms in total. The molecule has 60 valence electrons. The fourth-order valence-corrected chi connectivity index (χ4v) is 1.33. The van der Waals surface area contributed by atoms with Crippen molar-refractivity contribution in [3.8, 4) is 0 Å². The van der Waals surface area contributed by atoms with Crippen LogP contribution in [0.4, 0.5) is 0 Å². The van der Waals surface area contributed by atoms with E-state index in [1.54, 1.807) is 0 Å². The molecule has 0 aliphatic rings. The highest BCUT2D eigenvalue weighted by Crippen LogP contribution is 2.18. The summed E-state index contributed by atoms with van der Waals surface area (Å²) in [5.41, 5.74) is 2.39. The maximum atomic E-state index is 4.15. The van der Waals surface area contributed by atoms with Gasteiger partial charge in [-0.05, 0) is 5.92 Å². The van der Waals surface area contributed by atoms with Gasteiger partial charge in [0.1, 0.15) is 0 Å². The van der Waals surface area contributed by atoms with Gasteiger partial charge in [-0.15, -0.1) is 0 Å². The van der Waals surface area contributed by atoms with Gasteiger partial charge in [-0.1, -0.05) is 26.5 Å². The minimum atomic E-state index is 0.510. The number of nitrogens with zero attached hydrogens (tertiary/aromatic N) is 2. The number of aromatic nitrogens is 2. The summed E-state index contributed by atoms with van der Waals surface area (Å²) in [6.45, 7) is 8.05. The van der Waals surface area contributed by atoms with Crippen molar-refractivity contribution in [3.63, 3.8) is 0 Å². The van der Waals surface area contributed by atoms with Crippen LogP contribution in [0.5, 0.6) is 0 Å². The largest absolute Gasteiger partial charge is 0.272 e. The molecular weight excluding hydrogens is 136 g/mol. The molecule has 1 rings (SSSR count). The van der Waals surface area contributed by atoms with E-state index >= 15 is 0 Å². The third-order valence-corrected chi connectivity index (χ3v) is 1.78. The molecule has 0 unspecified atom stereocenters. The third kappa shape index (κ3) is 1.34. The molecule has 0 aliphatic heterocycles. The predicted molar refractivity (Wildman–Crippen MR) is 47.4 cm³/mol. The third-order valence-electron chi connectivity index (χ3n) is 1.78. The van der Waals surface area contributed by atoms with Gasteiger partial charge in [0.2, 0.25) is 0 Å². The van der Waals surface area contributed by atoms with Gasteiger partial charge in [-0.3, -0.25) is 4.68 Å². The van der Waals surface area contributed by atoms with Crippen LogP contribution in [-0.2, 0) is 7.05 Å². The summed E-state index contributed by atoms with van der Waals surface area (Å²) < 4.78 is 1.90. The van der Waals surface area contributed by atoms with E-state index in [9.17, 15) is 0 Å². The normalized spacial score (nSPS) is 10.5. The number of rotatable bonds is 2. The molecule has 0 saturated heterocycles. The van der Waals surface area contributed by atoms with Crippen molar-refractivity contribution in [1.29, 1.82) is 0 Å². The minimum absolute atomic E-state index is 0.510. The average Bonchev–Trinajstić information content (AvgIpc) is 2.30. The van der Waals surface area contributed by atoms with E-state index < -0.39 is 0 Å². The first-order valence-corrected chi connectivity index (χ1v) is 3.81. The standard InChI is InChI=1S/C9H14N2/c1-5-8-6-10-11(4)9(8)7(2)3/h5-7H,1H2,2-4H3. The van der Waals surface area contributed by atoms with E-state index in [0.717, 1.165) is 5.56 Å². The second-order valence-corrected chi connectivity index (χ2v) is 2.97. The van der Waals surface area contributed by atoms with E-state index in [4.69, 9.17) is 0 Å². The highest BCUT2D eigenvalue weighted by molar-refractivity contribution is 5.49. The molecule has 0 N–H and O–H groups in total. The number of aryl methyl sites for hydroxylation is 1. The first-order chi connectivity index (χ1) is 5.16. The molecule has 1 aromatic heterocycles. The van der Waals surface area contributed by atoms with Crippen molar-refractivity contribution < 1.29 is 0 Å².